The first-order valence-corrected chi connectivity index (χ1v) is 7.81. The summed E-state index contributed by atoms with van der Waals surface area (Å²) in [7, 11) is 1.91. The smallest absolute Gasteiger partial charge is 0.230 e. The zero-order valence-corrected chi connectivity index (χ0v) is 13.3. The molecule has 1 N–H and O–H groups in total. The van der Waals surface area contributed by atoms with E-state index in [0.29, 0.717) is 24.8 Å². The van der Waals surface area contributed by atoms with Gasteiger partial charge in [0.1, 0.15) is 12.2 Å². The second-order valence-electron chi connectivity index (χ2n) is 4.96. The molecule has 1 amide bonds. The van der Waals surface area contributed by atoms with E-state index in [2.05, 4.69) is 34.3 Å². The van der Waals surface area contributed by atoms with Gasteiger partial charge >= 0.3 is 0 Å². The van der Waals surface area contributed by atoms with Crippen LogP contribution < -0.4 is 5.32 Å². The van der Waals surface area contributed by atoms with Gasteiger partial charge < -0.3 is 14.5 Å². The minimum atomic E-state index is -0.00128. The van der Waals surface area contributed by atoms with Gasteiger partial charge in [0.2, 0.25) is 5.91 Å². The lowest BCUT2D eigenvalue weighted by Crippen LogP contribution is -2.28. The number of nitrogens with one attached hydrogen (secondary N) is 1. The number of imidazole rings is 1. The molecule has 21 heavy (non-hydrogen) atoms. The maximum atomic E-state index is 11.8. The maximum absolute atomic E-state index is 11.8. The predicted octanol–water partition coefficient (Wildman–Crippen LogP) is 1.04. The van der Waals surface area contributed by atoms with Gasteiger partial charge in [-0.25, -0.2) is 4.98 Å². The van der Waals surface area contributed by atoms with Crippen molar-refractivity contribution in [3.8, 4) is 0 Å². The van der Waals surface area contributed by atoms with Crippen molar-refractivity contribution < 1.29 is 4.79 Å². The second kappa shape index (κ2) is 7.26. The summed E-state index contributed by atoms with van der Waals surface area (Å²) in [5.41, 5.74) is 0. The fourth-order valence-electron chi connectivity index (χ4n) is 1.86. The van der Waals surface area contributed by atoms with Crippen LogP contribution >= 0.6 is 11.8 Å². The Kier molecular flexibility index (Phi) is 5.38. The number of rotatable bonds is 7. The van der Waals surface area contributed by atoms with Crippen LogP contribution in [0.5, 0.6) is 0 Å². The van der Waals surface area contributed by atoms with Crippen molar-refractivity contribution in [2.75, 3.05) is 12.3 Å². The van der Waals surface area contributed by atoms with Crippen LogP contribution in [0.2, 0.25) is 0 Å². The van der Waals surface area contributed by atoms with Crippen molar-refractivity contribution in [2.24, 2.45) is 7.05 Å². The number of nitrogens with zero attached hydrogens (tertiary/aromatic N) is 5. The molecule has 0 spiro atoms. The molecule has 8 heteroatoms. The van der Waals surface area contributed by atoms with E-state index in [9.17, 15) is 4.79 Å². The number of hydrogen-bond donors (Lipinski definition) is 1. The number of carbonyl (C=O) groups excluding carboxylic acids is 1. The number of hydrogen-bond acceptors (Lipinski definition) is 5. The van der Waals surface area contributed by atoms with E-state index in [0.717, 1.165) is 11.0 Å². The largest absolute Gasteiger partial charge is 0.355 e. The van der Waals surface area contributed by atoms with Crippen molar-refractivity contribution in [3.05, 3.63) is 24.5 Å². The second-order valence-corrected chi connectivity index (χ2v) is 5.90. The van der Waals surface area contributed by atoms with Crippen molar-refractivity contribution in [3.63, 3.8) is 0 Å². The van der Waals surface area contributed by atoms with Gasteiger partial charge in [-0.2, -0.15) is 0 Å². The van der Waals surface area contributed by atoms with Crippen LogP contribution in [-0.2, 0) is 18.3 Å². The van der Waals surface area contributed by atoms with Gasteiger partial charge in [0, 0.05) is 38.4 Å². The van der Waals surface area contributed by atoms with E-state index < -0.39 is 0 Å². The summed E-state index contributed by atoms with van der Waals surface area (Å²) in [5, 5.41) is 11.7. The fraction of sp³-hybridized carbons (Fsp3) is 0.538. The average Bonchev–Trinajstić information content (AvgIpc) is 3.05. The van der Waals surface area contributed by atoms with E-state index in [1.165, 1.54) is 11.8 Å². The summed E-state index contributed by atoms with van der Waals surface area (Å²) in [6, 6.07) is 0.324. The minimum Gasteiger partial charge on any atom is -0.355 e. The third kappa shape index (κ3) is 4.32. The number of aromatic nitrogens is 5. The molecule has 2 aromatic heterocycles. The van der Waals surface area contributed by atoms with Crippen LogP contribution in [-0.4, -0.2) is 42.5 Å². The first-order valence-electron chi connectivity index (χ1n) is 6.83. The van der Waals surface area contributed by atoms with Crippen molar-refractivity contribution in [2.45, 2.75) is 31.5 Å². The molecule has 2 heterocycles. The summed E-state index contributed by atoms with van der Waals surface area (Å²) in [6.07, 6.45) is 5.98. The van der Waals surface area contributed by atoms with E-state index in [4.69, 9.17) is 0 Å². The van der Waals surface area contributed by atoms with Crippen LogP contribution in [0.15, 0.2) is 23.9 Å². The molecule has 7 nitrogen and oxygen atoms in total. The highest BCUT2D eigenvalue weighted by Gasteiger charge is 2.09. The quantitative estimate of drug-likeness (QED) is 0.773. The lowest BCUT2D eigenvalue weighted by molar-refractivity contribution is -0.118. The zero-order chi connectivity index (χ0) is 15.2. The molecule has 0 atom stereocenters. The first-order chi connectivity index (χ1) is 10.1. The molecular formula is C13H20N6OS. The third-order valence-electron chi connectivity index (χ3n) is 2.98. The van der Waals surface area contributed by atoms with Crippen LogP contribution in [0.3, 0.4) is 0 Å². The number of carbonyl (C=O) groups is 1. The highest BCUT2D eigenvalue weighted by molar-refractivity contribution is 7.99. The average molecular weight is 308 g/mol. The van der Waals surface area contributed by atoms with Gasteiger partial charge in [-0.05, 0) is 13.8 Å². The standard InChI is InChI=1S/C13H20N6OS/c1-10(2)19-9-16-17-11(19)4-5-14-12(20)8-21-13-15-6-7-18(13)3/h6-7,9-10H,4-5,8H2,1-3H3,(H,14,20). The highest BCUT2D eigenvalue weighted by Crippen LogP contribution is 2.13. The number of amides is 1. The predicted molar refractivity (Wildman–Crippen MR) is 81.1 cm³/mol. The van der Waals surface area contributed by atoms with Crippen LogP contribution in [0.4, 0.5) is 0 Å². The molecule has 0 aliphatic heterocycles. The minimum absolute atomic E-state index is 0.00128. The van der Waals surface area contributed by atoms with Crippen molar-refractivity contribution in [1.29, 1.82) is 0 Å². The van der Waals surface area contributed by atoms with Crippen molar-refractivity contribution in [1.82, 2.24) is 29.6 Å². The van der Waals surface area contributed by atoms with E-state index in [-0.39, 0.29) is 5.91 Å². The molecule has 0 radical (unpaired) electrons. The van der Waals surface area contributed by atoms with Crippen LogP contribution in [0.25, 0.3) is 0 Å². The summed E-state index contributed by atoms with van der Waals surface area (Å²) < 4.78 is 3.90. The van der Waals surface area contributed by atoms with Crippen LogP contribution in [0.1, 0.15) is 25.7 Å². The molecule has 114 valence electrons. The molecule has 2 aromatic rings. The molecule has 0 saturated carbocycles. The fourth-order valence-corrected chi connectivity index (χ4v) is 2.62. The molecule has 0 unspecified atom stereocenters. The normalized spacial score (nSPS) is 11.0. The summed E-state index contributed by atoms with van der Waals surface area (Å²) in [5.74, 6) is 1.25. The third-order valence-corrected chi connectivity index (χ3v) is 4.04. The Bertz CT molecular complexity index is 591. The molecule has 0 bridgehead atoms. The van der Waals surface area contributed by atoms with Gasteiger partial charge in [0.15, 0.2) is 5.16 Å². The molecule has 0 saturated heterocycles. The Morgan fingerprint density at radius 3 is 2.95 bits per heavy atom. The zero-order valence-electron chi connectivity index (χ0n) is 12.5. The Hall–Kier alpha value is -1.83. The SMILES string of the molecule is CC(C)n1cnnc1CCNC(=O)CSc1nccn1C. The van der Waals surface area contributed by atoms with Gasteiger partial charge in [-0.15, -0.1) is 10.2 Å². The molecule has 0 aliphatic carbocycles. The maximum Gasteiger partial charge on any atom is 0.230 e. The number of aryl methyl sites for hydroxylation is 1. The molecular weight excluding hydrogens is 288 g/mol. The first kappa shape index (κ1) is 15.6. The van der Waals surface area contributed by atoms with E-state index in [1.807, 2.05) is 22.4 Å². The van der Waals surface area contributed by atoms with E-state index in [1.54, 1.807) is 12.5 Å². The van der Waals surface area contributed by atoms with E-state index >= 15 is 0 Å². The lowest BCUT2D eigenvalue weighted by atomic mass is 10.3. The summed E-state index contributed by atoms with van der Waals surface area (Å²) >= 11 is 1.42. The van der Waals surface area contributed by atoms with Crippen LogP contribution in [0, 0.1) is 0 Å². The van der Waals surface area contributed by atoms with Gasteiger partial charge in [0.05, 0.1) is 5.75 Å². The monoisotopic (exact) mass is 308 g/mol. The van der Waals surface area contributed by atoms with Gasteiger partial charge in [-0.1, -0.05) is 11.8 Å². The van der Waals surface area contributed by atoms with Gasteiger partial charge in [-0.3, -0.25) is 4.79 Å². The molecule has 0 fully saturated rings. The Morgan fingerprint density at radius 2 is 2.29 bits per heavy atom. The Balaban J connectivity index is 1.72. The molecule has 0 aliphatic rings. The Labute approximate surface area is 128 Å². The summed E-state index contributed by atoms with van der Waals surface area (Å²) in [4.78, 5) is 15.9. The molecule has 0 aromatic carbocycles. The summed E-state index contributed by atoms with van der Waals surface area (Å²) in [6.45, 7) is 4.72. The topological polar surface area (TPSA) is 77.6 Å². The molecule has 2 rings (SSSR count). The Morgan fingerprint density at radius 1 is 1.48 bits per heavy atom. The number of thioether (sulfide) groups is 1. The highest BCUT2D eigenvalue weighted by atomic mass is 32.2. The van der Waals surface area contributed by atoms with Gasteiger partial charge in [0.25, 0.3) is 0 Å². The van der Waals surface area contributed by atoms with Crippen molar-refractivity contribution >= 4 is 17.7 Å². The lowest BCUT2D eigenvalue weighted by Gasteiger charge is -2.10.